The van der Waals surface area contributed by atoms with Crippen LogP contribution in [-0.4, -0.2) is 37.7 Å². The Morgan fingerprint density at radius 1 is 1.40 bits per heavy atom. The van der Waals surface area contributed by atoms with E-state index in [1.165, 1.54) is 12.1 Å². The van der Waals surface area contributed by atoms with Crippen molar-refractivity contribution >= 4 is 17.7 Å². The molecule has 2 aromatic rings. The van der Waals surface area contributed by atoms with Crippen LogP contribution in [0.4, 0.5) is 10.5 Å². The second-order valence-electron chi connectivity index (χ2n) is 3.97. The molecule has 0 fully saturated rings. The summed E-state index contributed by atoms with van der Waals surface area (Å²) >= 11 is 0. The number of carbonyl (C=O) groups is 2. The van der Waals surface area contributed by atoms with Gasteiger partial charge in [0.25, 0.3) is 0 Å². The number of hydrogen-bond donors (Lipinski definition) is 4. The lowest BCUT2D eigenvalue weighted by Gasteiger charge is -2.09. The Kier molecular flexibility index (Phi) is 3.89. The molecular weight excluding hydrogens is 264 g/mol. The normalized spacial score (nSPS) is 10.1. The molecule has 0 bridgehead atoms. The number of aryl methyl sites for hydroxylation is 1. The second-order valence-corrected chi connectivity index (χ2v) is 3.97. The first-order valence-corrected chi connectivity index (χ1v) is 5.67. The molecular formula is C11H12N6O3. The van der Waals surface area contributed by atoms with E-state index >= 15 is 0 Å². The predicted octanol–water partition coefficient (Wildman–Crippen LogP) is 0.528. The van der Waals surface area contributed by atoms with E-state index in [0.717, 1.165) is 5.56 Å². The molecule has 4 N–H and O–H groups in total. The number of aromatic amines is 1. The van der Waals surface area contributed by atoms with E-state index in [2.05, 4.69) is 31.3 Å². The number of aromatic nitrogens is 4. The van der Waals surface area contributed by atoms with Crippen molar-refractivity contribution in [1.29, 1.82) is 0 Å². The van der Waals surface area contributed by atoms with Crippen molar-refractivity contribution in [2.45, 2.75) is 13.5 Å². The number of urea groups is 1. The molecule has 0 aliphatic rings. The van der Waals surface area contributed by atoms with E-state index < -0.39 is 12.0 Å². The molecule has 20 heavy (non-hydrogen) atoms. The van der Waals surface area contributed by atoms with Crippen LogP contribution in [0.25, 0.3) is 0 Å². The molecule has 1 heterocycles. The number of aromatic carboxylic acids is 1. The summed E-state index contributed by atoms with van der Waals surface area (Å²) in [5.74, 6) is -0.712. The number of carbonyl (C=O) groups excluding carboxylic acids is 1. The molecule has 1 aromatic heterocycles. The lowest BCUT2D eigenvalue weighted by atomic mass is 10.1. The molecule has 0 aliphatic heterocycles. The summed E-state index contributed by atoms with van der Waals surface area (Å²) < 4.78 is 0. The molecule has 104 valence electrons. The number of carboxylic acid groups (broad SMARTS) is 1. The average molecular weight is 276 g/mol. The van der Waals surface area contributed by atoms with E-state index in [0.29, 0.717) is 11.5 Å². The number of tetrazole rings is 1. The zero-order chi connectivity index (χ0) is 14.5. The van der Waals surface area contributed by atoms with Crippen molar-refractivity contribution < 1.29 is 14.7 Å². The number of amides is 2. The minimum Gasteiger partial charge on any atom is -0.478 e. The Bertz CT molecular complexity index is 625. The number of benzene rings is 1. The van der Waals surface area contributed by atoms with E-state index in [1.807, 2.05) is 0 Å². The largest absolute Gasteiger partial charge is 0.478 e. The second kappa shape index (κ2) is 5.78. The van der Waals surface area contributed by atoms with Gasteiger partial charge in [-0.1, -0.05) is 11.3 Å². The number of nitrogens with zero attached hydrogens (tertiary/aromatic N) is 3. The minimum absolute atomic E-state index is 0.101. The van der Waals surface area contributed by atoms with Gasteiger partial charge in [-0.05, 0) is 24.6 Å². The Labute approximate surface area is 113 Å². The standard InChI is InChI=1S/C11H12N6O3/c1-6-2-3-7(10(18)19)4-8(6)13-11(20)12-5-9-14-16-17-15-9/h2-4H,5H2,1H3,(H,18,19)(H2,12,13,20)(H,14,15,16,17). The quantitative estimate of drug-likeness (QED) is 0.643. The number of anilines is 1. The fourth-order valence-corrected chi connectivity index (χ4v) is 1.47. The molecule has 0 spiro atoms. The molecule has 9 heteroatoms. The van der Waals surface area contributed by atoms with Crippen molar-refractivity contribution in [2.24, 2.45) is 0 Å². The summed E-state index contributed by atoms with van der Waals surface area (Å²) in [7, 11) is 0. The topological polar surface area (TPSA) is 133 Å². The Balaban J connectivity index is 2.00. The number of nitrogens with one attached hydrogen (secondary N) is 3. The Morgan fingerprint density at radius 3 is 2.85 bits per heavy atom. The maximum Gasteiger partial charge on any atom is 0.335 e. The van der Waals surface area contributed by atoms with Gasteiger partial charge in [0.15, 0.2) is 5.82 Å². The van der Waals surface area contributed by atoms with Crippen molar-refractivity contribution in [3.63, 3.8) is 0 Å². The minimum atomic E-state index is -1.06. The van der Waals surface area contributed by atoms with Crippen LogP contribution in [0.5, 0.6) is 0 Å². The highest BCUT2D eigenvalue weighted by atomic mass is 16.4. The van der Waals surface area contributed by atoms with Gasteiger partial charge in [-0.25, -0.2) is 9.59 Å². The summed E-state index contributed by atoms with van der Waals surface area (Å²) in [5, 5.41) is 27.0. The SMILES string of the molecule is Cc1ccc(C(=O)O)cc1NC(=O)NCc1nn[nH]n1. The van der Waals surface area contributed by atoms with Crippen molar-refractivity contribution in [1.82, 2.24) is 25.9 Å². The van der Waals surface area contributed by atoms with E-state index in [-0.39, 0.29) is 12.1 Å². The summed E-state index contributed by atoms with van der Waals surface area (Å²) in [6.07, 6.45) is 0. The molecule has 9 nitrogen and oxygen atoms in total. The van der Waals surface area contributed by atoms with Crippen LogP contribution in [0.2, 0.25) is 0 Å². The fraction of sp³-hybridized carbons (Fsp3) is 0.182. The molecule has 0 saturated carbocycles. The fourth-order valence-electron chi connectivity index (χ4n) is 1.47. The van der Waals surface area contributed by atoms with Gasteiger partial charge in [-0.2, -0.15) is 5.21 Å². The Hall–Kier alpha value is -2.97. The lowest BCUT2D eigenvalue weighted by Crippen LogP contribution is -2.29. The number of hydrogen-bond acceptors (Lipinski definition) is 5. The molecule has 2 rings (SSSR count). The van der Waals surface area contributed by atoms with Crippen LogP contribution >= 0.6 is 0 Å². The van der Waals surface area contributed by atoms with E-state index in [1.54, 1.807) is 13.0 Å². The Morgan fingerprint density at radius 2 is 2.20 bits per heavy atom. The molecule has 0 aliphatic carbocycles. The highest BCUT2D eigenvalue weighted by Gasteiger charge is 2.09. The van der Waals surface area contributed by atoms with Gasteiger partial charge in [-0.3, -0.25) is 0 Å². The summed E-state index contributed by atoms with van der Waals surface area (Å²) in [5.41, 5.74) is 1.28. The summed E-state index contributed by atoms with van der Waals surface area (Å²) in [4.78, 5) is 22.6. The molecule has 0 atom stereocenters. The first kappa shape index (κ1) is 13.5. The number of carboxylic acids is 1. The third kappa shape index (κ3) is 3.28. The maximum atomic E-state index is 11.7. The van der Waals surface area contributed by atoms with Crippen LogP contribution in [0, 0.1) is 6.92 Å². The first-order valence-electron chi connectivity index (χ1n) is 5.67. The maximum absolute atomic E-state index is 11.7. The van der Waals surface area contributed by atoms with Gasteiger partial charge in [-0.15, -0.1) is 10.2 Å². The molecule has 0 unspecified atom stereocenters. The smallest absolute Gasteiger partial charge is 0.335 e. The number of H-pyrrole nitrogens is 1. The van der Waals surface area contributed by atoms with Crippen molar-refractivity contribution in [3.05, 3.63) is 35.2 Å². The summed E-state index contributed by atoms with van der Waals surface area (Å²) in [6.45, 7) is 1.88. The van der Waals surface area contributed by atoms with Gasteiger partial charge < -0.3 is 15.7 Å². The molecule has 0 radical (unpaired) electrons. The van der Waals surface area contributed by atoms with Gasteiger partial charge in [0.1, 0.15) is 0 Å². The van der Waals surface area contributed by atoms with Gasteiger partial charge in [0, 0.05) is 5.69 Å². The average Bonchev–Trinajstić information content (AvgIpc) is 2.92. The van der Waals surface area contributed by atoms with Crippen LogP contribution < -0.4 is 10.6 Å². The van der Waals surface area contributed by atoms with Crippen molar-refractivity contribution in [3.8, 4) is 0 Å². The third-order valence-corrected chi connectivity index (χ3v) is 2.53. The zero-order valence-corrected chi connectivity index (χ0v) is 10.5. The van der Waals surface area contributed by atoms with Crippen LogP contribution in [0.15, 0.2) is 18.2 Å². The highest BCUT2D eigenvalue weighted by molar-refractivity contribution is 5.93. The van der Waals surface area contributed by atoms with Gasteiger partial charge >= 0.3 is 12.0 Å². The van der Waals surface area contributed by atoms with E-state index in [9.17, 15) is 9.59 Å². The summed E-state index contributed by atoms with van der Waals surface area (Å²) in [6, 6.07) is 4.00. The van der Waals surface area contributed by atoms with Crippen molar-refractivity contribution in [2.75, 3.05) is 5.32 Å². The van der Waals surface area contributed by atoms with Crippen LogP contribution in [0.1, 0.15) is 21.7 Å². The van der Waals surface area contributed by atoms with E-state index in [4.69, 9.17) is 5.11 Å². The highest BCUT2D eigenvalue weighted by Crippen LogP contribution is 2.16. The van der Waals surface area contributed by atoms with Gasteiger partial charge in [0.2, 0.25) is 0 Å². The van der Waals surface area contributed by atoms with Gasteiger partial charge in [0.05, 0.1) is 12.1 Å². The predicted molar refractivity (Wildman–Crippen MR) is 68.2 cm³/mol. The first-order chi connectivity index (χ1) is 9.56. The molecule has 0 saturated heterocycles. The monoisotopic (exact) mass is 276 g/mol. The van der Waals surface area contributed by atoms with Crippen LogP contribution in [-0.2, 0) is 6.54 Å². The lowest BCUT2D eigenvalue weighted by molar-refractivity contribution is 0.0697. The zero-order valence-electron chi connectivity index (χ0n) is 10.5. The molecule has 2 amide bonds. The number of rotatable bonds is 4. The van der Waals surface area contributed by atoms with Crippen LogP contribution in [0.3, 0.4) is 0 Å². The molecule has 1 aromatic carbocycles. The third-order valence-electron chi connectivity index (χ3n) is 2.53.